The van der Waals surface area contributed by atoms with Crippen molar-refractivity contribution in [3.8, 4) is 5.75 Å². The number of morpholine rings is 1. The minimum absolute atomic E-state index is 0.0908. The summed E-state index contributed by atoms with van der Waals surface area (Å²) in [7, 11) is -1.80. The van der Waals surface area contributed by atoms with E-state index in [1.54, 1.807) is 31.4 Å². The normalized spacial score (nSPS) is 16.2. The maximum atomic E-state index is 12.6. The Labute approximate surface area is 171 Å². The lowest BCUT2D eigenvalue weighted by Gasteiger charge is -2.26. The van der Waals surface area contributed by atoms with Gasteiger partial charge in [-0.2, -0.15) is 4.31 Å². The van der Waals surface area contributed by atoms with Crippen LogP contribution >= 0.6 is 0 Å². The first-order valence-electron chi connectivity index (χ1n) is 9.49. The van der Waals surface area contributed by atoms with Gasteiger partial charge in [0.25, 0.3) is 5.91 Å². The third kappa shape index (κ3) is 5.35. The van der Waals surface area contributed by atoms with Crippen molar-refractivity contribution in [3.63, 3.8) is 0 Å². The van der Waals surface area contributed by atoms with E-state index < -0.39 is 10.0 Å². The SMILES string of the molecule is COc1ccccc1[C@H](C)NC(=O)c1ccc(CS(=O)(=O)N2CCOCC2)cc1. The van der Waals surface area contributed by atoms with Gasteiger partial charge in [0.2, 0.25) is 10.0 Å². The van der Waals surface area contributed by atoms with Crippen LogP contribution in [0.2, 0.25) is 0 Å². The highest BCUT2D eigenvalue weighted by atomic mass is 32.2. The standard InChI is InChI=1S/C21H26N2O5S/c1-16(19-5-3-4-6-20(19)27-2)22-21(24)18-9-7-17(8-10-18)15-29(25,26)23-11-13-28-14-12-23/h3-10,16H,11-15H2,1-2H3,(H,22,24)/t16-/m0/s1. The predicted molar refractivity (Wildman–Crippen MR) is 110 cm³/mol. The van der Waals surface area contributed by atoms with Gasteiger partial charge >= 0.3 is 0 Å². The maximum absolute atomic E-state index is 12.6. The molecule has 0 saturated carbocycles. The summed E-state index contributed by atoms with van der Waals surface area (Å²) in [6.07, 6.45) is 0. The molecule has 2 aromatic carbocycles. The molecule has 1 N–H and O–H groups in total. The number of rotatable bonds is 7. The Morgan fingerprint density at radius 1 is 1.14 bits per heavy atom. The van der Waals surface area contributed by atoms with Crippen LogP contribution in [0.3, 0.4) is 0 Å². The zero-order valence-electron chi connectivity index (χ0n) is 16.6. The predicted octanol–water partition coefficient (Wildman–Crippen LogP) is 2.35. The second kappa shape index (κ2) is 9.39. The quantitative estimate of drug-likeness (QED) is 0.746. The molecule has 29 heavy (non-hydrogen) atoms. The molecule has 0 radical (unpaired) electrons. The Bertz CT molecular complexity index is 938. The highest BCUT2D eigenvalue weighted by Crippen LogP contribution is 2.24. The number of amides is 1. The van der Waals surface area contributed by atoms with Gasteiger partial charge in [-0.3, -0.25) is 4.79 Å². The van der Waals surface area contributed by atoms with Crippen LogP contribution in [0.1, 0.15) is 34.5 Å². The Balaban J connectivity index is 1.64. The van der Waals surface area contributed by atoms with E-state index in [-0.39, 0.29) is 17.7 Å². The second-order valence-electron chi connectivity index (χ2n) is 6.90. The van der Waals surface area contributed by atoms with Gasteiger partial charge in [0.05, 0.1) is 32.1 Å². The van der Waals surface area contributed by atoms with E-state index in [1.807, 2.05) is 31.2 Å². The van der Waals surface area contributed by atoms with E-state index >= 15 is 0 Å². The summed E-state index contributed by atoms with van der Waals surface area (Å²) in [6, 6.07) is 13.9. The average molecular weight is 419 g/mol. The molecule has 1 saturated heterocycles. The van der Waals surface area contributed by atoms with Crippen molar-refractivity contribution in [1.82, 2.24) is 9.62 Å². The van der Waals surface area contributed by atoms with E-state index in [9.17, 15) is 13.2 Å². The third-order valence-corrected chi connectivity index (χ3v) is 6.73. The molecule has 1 amide bonds. The molecule has 3 rings (SSSR count). The molecule has 0 bridgehead atoms. The topological polar surface area (TPSA) is 84.9 Å². The highest BCUT2D eigenvalue weighted by molar-refractivity contribution is 7.88. The van der Waals surface area contributed by atoms with Gasteiger partial charge in [0, 0.05) is 24.2 Å². The Morgan fingerprint density at radius 3 is 2.45 bits per heavy atom. The molecule has 0 aromatic heterocycles. The summed E-state index contributed by atoms with van der Waals surface area (Å²) in [5.41, 5.74) is 2.00. The Kier molecular flexibility index (Phi) is 6.89. The van der Waals surface area contributed by atoms with Crippen LogP contribution in [0, 0.1) is 0 Å². The average Bonchev–Trinajstić information content (AvgIpc) is 2.74. The van der Waals surface area contributed by atoms with Gasteiger partial charge < -0.3 is 14.8 Å². The molecule has 0 unspecified atom stereocenters. The monoisotopic (exact) mass is 418 g/mol. The van der Waals surface area contributed by atoms with Crippen LogP contribution in [0.25, 0.3) is 0 Å². The van der Waals surface area contributed by atoms with Gasteiger partial charge in [-0.1, -0.05) is 30.3 Å². The van der Waals surface area contributed by atoms with Crippen molar-refractivity contribution in [2.75, 3.05) is 33.4 Å². The molecule has 2 aromatic rings. The van der Waals surface area contributed by atoms with E-state index in [0.717, 1.165) is 5.56 Å². The molecule has 0 spiro atoms. The molecular weight excluding hydrogens is 392 g/mol. The maximum Gasteiger partial charge on any atom is 0.251 e. The lowest BCUT2D eigenvalue weighted by molar-refractivity contribution is 0.0729. The summed E-state index contributed by atoms with van der Waals surface area (Å²) in [5.74, 6) is 0.391. The van der Waals surface area contributed by atoms with Crippen LogP contribution in [0.4, 0.5) is 0 Å². The number of hydrogen-bond acceptors (Lipinski definition) is 5. The summed E-state index contributed by atoms with van der Waals surface area (Å²) < 4.78 is 37.0. The number of nitrogens with one attached hydrogen (secondary N) is 1. The molecule has 1 atom stereocenters. The summed E-state index contributed by atoms with van der Waals surface area (Å²) in [6.45, 7) is 3.48. The number of benzene rings is 2. The number of carbonyl (C=O) groups excluding carboxylic acids is 1. The summed E-state index contributed by atoms with van der Waals surface area (Å²) in [4.78, 5) is 12.6. The number of sulfonamides is 1. The number of carbonyl (C=O) groups is 1. The lowest BCUT2D eigenvalue weighted by atomic mass is 10.1. The minimum atomic E-state index is -3.39. The van der Waals surface area contributed by atoms with E-state index in [0.29, 0.717) is 43.2 Å². The van der Waals surface area contributed by atoms with E-state index in [2.05, 4.69) is 5.32 Å². The van der Waals surface area contributed by atoms with Crippen LogP contribution in [0.15, 0.2) is 48.5 Å². The van der Waals surface area contributed by atoms with Gasteiger partial charge in [-0.25, -0.2) is 8.42 Å². The molecule has 1 aliphatic heterocycles. The number of ether oxygens (including phenoxy) is 2. The number of methoxy groups -OCH3 is 1. The zero-order valence-corrected chi connectivity index (χ0v) is 17.4. The van der Waals surface area contributed by atoms with Crippen molar-refractivity contribution < 1.29 is 22.7 Å². The summed E-state index contributed by atoms with van der Waals surface area (Å²) in [5, 5.41) is 2.95. The van der Waals surface area contributed by atoms with E-state index in [4.69, 9.17) is 9.47 Å². The molecular formula is C21H26N2O5S. The fourth-order valence-corrected chi connectivity index (χ4v) is 4.76. The molecule has 1 heterocycles. The van der Waals surface area contributed by atoms with Crippen LogP contribution in [0.5, 0.6) is 5.75 Å². The first-order chi connectivity index (χ1) is 13.9. The summed E-state index contributed by atoms with van der Waals surface area (Å²) >= 11 is 0. The number of nitrogens with zero attached hydrogens (tertiary/aromatic N) is 1. The van der Waals surface area contributed by atoms with E-state index in [1.165, 1.54) is 4.31 Å². The molecule has 8 heteroatoms. The number of para-hydroxylation sites is 1. The molecule has 7 nitrogen and oxygen atoms in total. The van der Waals surface area contributed by atoms with Crippen LogP contribution in [-0.4, -0.2) is 52.0 Å². The fraction of sp³-hybridized carbons (Fsp3) is 0.381. The fourth-order valence-electron chi connectivity index (χ4n) is 3.26. The molecule has 156 valence electrons. The van der Waals surface area contributed by atoms with Gasteiger partial charge in [0.15, 0.2) is 0 Å². The van der Waals surface area contributed by atoms with Crippen LogP contribution < -0.4 is 10.1 Å². The highest BCUT2D eigenvalue weighted by Gasteiger charge is 2.24. The smallest absolute Gasteiger partial charge is 0.251 e. The van der Waals surface area contributed by atoms with Gasteiger partial charge in [-0.05, 0) is 30.7 Å². The molecule has 1 fully saturated rings. The first kappa shape index (κ1) is 21.3. The van der Waals surface area contributed by atoms with Gasteiger partial charge in [-0.15, -0.1) is 0 Å². The third-order valence-electron chi connectivity index (χ3n) is 4.88. The van der Waals surface area contributed by atoms with Crippen molar-refractivity contribution >= 4 is 15.9 Å². The van der Waals surface area contributed by atoms with Crippen molar-refractivity contribution in [3.05, 3.63) is 65.2 Å². The van der Waals surface area contributed by atoms with Crippen molar-refractivity contribution in [2.24, 2.45) is 0 Å². The largest absolute Gasteiger partial charge is 0.496 e. The Hall–Kier alpha value is -2.42. The van der Waals surface area contributed by atoms with Gasteiger partial charge in [0.1, 0.15) is 5.75 Å². The second-order valence-corrected chi connectivity index (χ2v) is 8.87. The molecule has 0 aliphatic carbocycles. The zero-order chi connectivity index (χ0) is 20.9. The van der Waals surface area contributed by atoms with Crippen molar-refractivity contribution in [2.45, 2.75) is 18.7 Å². The lowest BCUT2D eigenvalue weighted by Crippen LogP contribution is -2.41. The van der Waals surface area contributed by atoms with Crippen LogP contribution in [-0.2, 0) is 20.5 Å². The van der Waals surface area contributed by atoms with Crippen molar-refractivity contribution in [1.29, 1.82) is 0 Å². The number of hydrogen-bond donors (Lipinski definition) is 1. The minimum Gasteiger partial charge on any atom is -0.496 e. The first-order valence-corrected chi connectivity index (χ1v) is 11.1. The Morgan fingerprint density at radius 2 is 1.79 bits per heavy atom. The molecule has 1 aliphatic rings.